The third-order valence-electron chi connectivity index (χ3n) is 3.00. The van der Waals surface area contributed by atoms with Crippen LogP contribution in [0.15, 0.2) is 23.0 Å². The maximum atomic E-state index is 12.0. The van der Waals surface area contributed by atoms with Crippen LogP contribution in [0.4, 0.5) is 0 Å². The number of nitrogens with zero attached hydrogens (tertiary/aromatic N) is 1. The number of aromatic amines is 1. The number of aromatic nitrogens is 2. The Morgan fingerprint density at radius 3 is 2.53 bits per heavy atom. The summed E-state index contributed by atoms with van der Waals surface area (Å²) in [6, 6.07) is 5.27. The quantitative estimate of drug-likeness (QED) is 0.917. The SMILES string of the molecule is COc1ccc(-c2nc(C)c(C)[nH]c2=O)c(OC)c1. The summed E-state index contributed by atoms with van der Waals surface area (Å²) in [6.07, 6.45) is 0. The second-order valence-electron chi connectivity index (χ2n) is 4.19. The lowest BCUT2D eigenvalue weighted by Gasteiger charge is -2.10. The summed E-state index contributed by atoms with van der Waals surface area (Å²) in [5, 5.41) is 0. The normalized spacial score (nSPS) is 10.3. The molecule has 1 aromatic heterocycles. The van der Waals surface area contributed by atoms with Gasteiger partial charge in [-0.05, 0) is 26.0 Å². The molecule has 0 saturated carbocycles. The second-order valence-corrected chi connectivity index (χ2v) is 4.19. The van der Waals surface area contributed by atoms with Gasteiger partial charge < -0.3 is 14.5 Å². The van der Waals surface area contributed by atoms with E-state index >= 15 is 0 Å². The fourth-order valence-corrected chi connectivity index (χ4v) is 1.80. The van der Waals surface area contributed by atoms with E-state index in [-0.39, 0.29) is 5.56 Å². The van der Waals surface area contributed by atoms with Gasteiger partial charge in [-0.2, -0.15) is 0 Å². The van der Waals surface area contributed by atoms with E-state index in [1.165, 1.54) is 0 Å². The molecule has 100 valence electrons. The van der Waals surface area contributed by atoms with Crippen LogP contribution in [0, 0.1) is 13.8 Å². The lowest BCUT2D eigenvalue weighted by atomic mass is 10.1. The molecule has 0 saturated heterocycles. The van der Waals surface area contributed by atoms with Crippen molar-refractivity contribution in [2.75, 3.05) is 14.2 Å². The Hall–Kier alpha value is -2.30. The molecule has 2 aromatic rings. The van der Waals surface area contributed by atoms with Crippen molar-refractivity contribution in [3.8, 4) is 22.8 Å². The van der Waals surface area contributed by atoms with E-state index in [0.29, 0.717) is 22.8 Å². The minimum Gasteiger partial charge on any atom is -0.497 e. The van der Waals surface area contributed by atoms with Gasteiger partial charge in [0.1, 0.15) is 17.2 Å². The number of methoxy groups -OCH3 is 2. The molecule has 1 heterocycles. The number of H-pyrrole nitrogens is 1. The minimum atomic E-state index is -0.230. The molecule has 0 atom stereocenters. The Kier molecular flexibility index (Phi) is 3.55. The summed E-state index contributed by atoms with van der Waals surface area (Å²) in [6.45, 7) is 3.67. The van der Waals surface area contributed by atoms with Crippen LogP contribution in [-0.4, -0.2) is 24.2 Å². The van der Waals surface area contributed by atoms with Gasteiger partial charge in [-0.25, -0.2) is 4.98 Å². The van der Waals surface area contributed by atoms with Gasteiger partial charge in [0.05, 0.1) is 19.9 Å². The smallest absolute Gasteiger partial charge is 0.274 e. The van der Waals surface area contributed by atoms with Gasteiger partial charge in [0.2, 0.25) is 0 Å². The van der Waals surface area contributed by atoms with E-state index in [0.717, 1.165) is 11.4 Å². The third kappa shape index (κ3) is 2.45. The van der Waals surface area contributed by atoms with Gasteiger partial charge in [0.15, 0.2) is 0 Å². The van der Waals surface area contributed by atoms with E-state index in [9.17, 15) is 4.79 Å². The number of nitrogens with one attached hydrogen (secondary N) is 1. The highest BCUT2D eigenvalue weighted by atomic mass is 16.5. The van der Waals surface area contributed by atoms with Crippen molar-refractivity contribution in [1.82, 2.24) is 9.97 Å². The van der Waals surface area contributed by atoms with E-state index < -0.39 is 0 Å². The Labute approximate surface area is 111 Å². The number of hydrogen-bond donors (Lipinski definition) is 1. The molecule has 19 heavy (non-hydrogen) atoms. The summed E-state index contributed by atoms with van der Waals surface area (Å²) >= 11 is 0. The standard InChI is InChI=1S/C14H16N2O3/c1-8-9(2)16-14(17)13(15-8)11-6-5-10(18-3)7-12(11)19-4/h5-7H,1-4H3,(H,16,17). The lowest BCUT2D eigenvalue weighted by molar-refractivity contribution is 0.395. The molecule has 1 N–H and O–H groups in total. The van der Waals surface area contributed by atoms with E-state index in [4.69, 9.17) is 9.47 Å². The zero-order valence-corrected chi connectivity index (χ0v) is 11.4. The molecule has 0 unspecified atom stereocenters. The van der Waals surface area contributed by atoms with Crippen LogP contribution in [0.2, 0.25) is 0 Å². The molecule has 2 rings (SSSR count). The molecule has 0 fully saturated rings. The molecule has 0 radical (unpaired) electrons. The predicted molar refractivity (Wildman–Crippen MR) is 72.9 cm³/mol. The number of hydrogen-bond acceptors (Lipinski definition) is 4. The minimum absolute atomic E-state index is 0.230. The van der Waals surface area contributed by atoms with Crippen molar-refractivity contribution in [1.29, 1.82) is 0 Å². The Bertz CT molecular complexity index is 662. The summed E-state index contributed by atoms with van der Waals surface area (Å²) < 4.78 is 10.4. The average molecular weight is 260 g/mol. The first kappa shape index (κ1) is 13.1. The Morgan fingerprint density at radius 1 is 1.16 bits per heavy atom. The maximum absolute atomic E-state index is 12.0. The monoisotopic (exact) mass is 260 g/mol. The van der Waals surface area contributed by atoms with Crippen LogP contribution < -0.4 is 15.0 Å². The van der Waals surface area contributed by atoms with Gasteiger partial charge in [0, 0.05) is 17.3 Å². The first-order valence-corrected chi connectivity index (χ1v) is 5.86. The third-order valence-corrected chi connectivity index (χ3v) is 3.00. The zero-order valence-electron chi connectivity index (χ0n) is 11.4. The second kappa shape index (κ2) is 5.14. The van der Waals surface area contributed by atoms with Gasteiger partial charge in [-0.15, -0.1) is 0 Å². The van der Waals surface area contributed by atoms with Gasteiger partial charge in [0.25, 0.3) is 5.56 Å². The summed E-state index contributed by atoms with van der Waals surface area (Å²) in [5.41, 5.74) is 2.32. The van der Waals surface area contributed by atoms with Crippen LogP contribution in [-0.2, 0) is 0 Å². The molecular weight excluding hydrogens is 244 g/mol. The summed E-state index contributed by atoms with van der Waals surface area (Å²) in [5.74, 6) is 1.22. The molecule has 0 aliphatic carbocycles. The first-order chi connectivity index (χ1) is 9.06. The highest BCUT2D eigenvalue weighted by Gasteiger charge is 2.13. The van der Waals surface area contributed by atoms with E-state index in [2.05, 4.69) is 9.97 Å². The molecule has 5 heteroatoms. The molecule has 1 aromatic carbocycles. The Balaban J connectivity index is 2.65. The van der Waals surface area contributed by atoms with Crippen molar-refractivity contribution in [2.45, 2.75) is 13.8 Å². The molecule has 0 bridgehead atoms. The van der Waals surface area contributed by atoms with Crippen molar-refractivity contribution >= 4 is 0 Å². The van der Waals surface area contributed by atoms with Crippen molar-refractivity contribution in [3.63, 3.8) is 0 Å². The predicted octanol–water partition coefficient (Wildman–Crippen LogP) is 2.07. The van der Waals surface area contributed by atoms with Crippen LogP contribution in [0.5, 0.6) is 11.5 Å². The van der Waals surface area contributed by atoms with Crippen LogP contribution >= 0.6 is 0 Å². The number of aryl methyl sites for hydroxylation is 2. The zero-order chi connectivity index (χ0) is 14.0. The topological polar surface area (TPSA) is 64.2 Å². The molecule has 0 spiro atoms. The summed E-state index contributed by atoms with van der Waals surface area (Å²) in [4.78, 5) is 19.1. The molecule has 0 amide bonds. The van der Waals surface area contributed by atoms with E-state index in [1.54, 1.807) is 32.4 Å². The van der Waals surface area contributed by atoms with Gasteiger partial charge >= 0.3 is 0 Å². The van der Waals surface area contributed by atoms with Gasteiger partial charge in [-0.3, -0.25) is 4.79 Å². The first-order valence-electron chi connectivity index (χ1n) is 5.86. The Morgan fingerprint density at radius 2 is 1.89 bits per heavy atom. The van der Waals surface area contributed by atoms with Gasteiger partial charge in [-0.1, -0.05) is 0 Å². The largest absolute Gasteiger partial charge is 0.497 e. The van der Waals surface area contributed by atoms with Crippen LogP contribution in [0.25, 0.3) is 11.3 Å². The van der Waals surface area contributed by atoms with Crippen LogP contribution in [0.3, 0.4) is 0 Å². The average Bonchev–Trinajstić information content (AvgIpc) is 2.42. The number of rotatable bonds is 3. The van der Waals surface area contributed by atoms with Crippen molar-refractivity contribution < 1.29 is 9.47 Å². The highest BCUT2D eigenvalue weighted by molar-refractivity contribution is 5.68. The lowest BCUT2D eigenvalue weighted by Crippen LogP contribution is -2.14. The summed E-state index contributed by atoms with van der Waals surface area (Å²) in [7, 11) is 3.13. The van der Waals surface area contributed by atoms with E-state index in [1.807, 2.05) is 13.8 Å². The molecule has 0 aliphatic rings. The number of ether oxygens (including phenoxy) is 2. The maximum Gasteiger partial charge on any atom is 0.274 e. The van der Waals surface area contributed by atoms with Crippen LogP contribution in [0.1, 0.15) is 11.4 Å². The fraction of sp³-hybridized carbons (Fsp3) is 0.286. The molecule has 0 aliphatic heterocycles. The van der Waals surface area contributed by atoms with Crippen molar-refractivity contribution in [3.05, 3.63) is 39.9 Å². The van der Waals surface area contributed by atoms with Crippen molar-refractivity contribution in [2.24, 2.45) is 0 Å². The fourth-order valence-electron chi connectivity index (χ4n) is 1.80. The molecular formula is C14H16N2O3. The number of benzene rings is 1. The highest BCUT2D eigenvalue weighted by Crippen LogP contribution is 2.30. The molecule has 5 nitrogen and oxygen atoms in total.